The first-order valence-corrected chi connectivity index (χ1v) is 7.18. The quantitative estimate of drug-likeness (QED) is 0.717. The summed E-state index contributed by atoms with van der Waals surface area (Å²) in [5.74, 6) is 0. The largest absolute Gasteiger partial charge is 0.390 e. The Morgan fingerprint density at radius 1 is 1.28 bits per heavy atom. The zero-order valence-corrected chi connectivity index (χ0v) is 12.2. The van der Waals surface area contributed by atoms with Crippen molar-refractivity contribution in [3.8, 4) is 0 Å². The van der Waals surface area contributed by atoms with Gasteiger partial charge in [-0.15, -0.1) is 0 Å². The van der Waals surface area contributed by atoms with E-state index < -0.39 is 11.8 Å². The average Bonchev–Trinajstić information content (AvgIpc) is 2.28. The normalized spacial score (nSPS) is 22.3. The molecule has 1 rings (SSSR count). The fourth-order valence-electron chi connectivity index (χ4n) is 2.51. The summed E-state index contributed by atoms with van der Waals surface area (Å²) in [6, 6.07) is 0. The minimum absolute atomic E-state index is 0.448. The topological polar surface area (TPSA) is 43.7 Å². The Bertz CT molecular complexity index is 264. The zero-order chi connectivity index (χ0) is 13.6. The molecular formula is C15H29NO2. The maximum absolute atomic E-state index is 10.3. The Morgan fingerprint density at radius 2 is 1.89 bits per heavy atom. The molecule has 0 aromatic rings. The molecule has 18 heavy (non-hydrogen) atoms. The van der Waals surface area contributed by atoms with Crippen molar-refractivity contribution in [2.45, 2.75) is 71.1 Å². The summed E-state index contributed by atoms with van der Waals surface area (Å²) in [6.45, 7) is 7.89. The Kier molecular flexibility index (Phi) is 6.33. The molecule has 0 amide bonds. The van der Waals surface area contributed by atoms with Gasteiger partial charge in [-0.05, 0) is 46.5 Å². The average molecular weight is 255 g/mol. The summed E-state index contributed by atoms with van der Waals surface area (Å²) in [5.41, 5.74) is 0.505. The third kappa shape index (κ3) is 5.98. The Morgan fingerprint density at radius 3 is 2.44 bits per heavy atom. The van der Waals surface area contributed by atoms with Crippen LogP contribution in [-0.2, 0) is 0 Å². The zero-order valence-electron chi connectivity index (χ0n) is 12.2. The summed E-state index contributed by atoms with van der Waals surface area (Å²) in [7, 11) is 0. The summed E-state index contributed by atoms with van der Waals surface area (Å²) in [5, 5.41) is 20.5. The molecule has 2 atom stereocenters. The molecule has 0 bridgehead atoms. The number of hydrogen-bond acceptors (Lipinski definition) is 3. The van der Waals surface area contributed by atoms with Crippen molar-refractivity contribution in [1.82, 2.24) is 4.90 Å². The summed E-state index contributed by atoms with van der Waals surface area (Å²) >= 11 is 0. The number of hydrogen-bond donors (Lipinski definition) is 2. The van der Waals surface area contributed by atoms with Crippen LogP contribution >= 0.6 is 0 Å². The molecule has 0 aromatic heterocycles. The summed E-state index contributed by atoms with van der Waals surface area (Å²) < 4.78 is 0. The van der Waals surface area contributed by atoms with E-state index in [2.05, 4.69) is 24.8 Å². The fourth-order valence-corrected chi connectivity index (χ4v) is 2.51. The lowest BCUT2D eigenvalue weighted by atomic mass is 9.94. The molecule has 0 spiro atoms. The van der Waals surface area contributed by atoms with E-state index in [4.69, 9.17) is 0 Å². The highest BCUT2D eigenvalue weighted by Gasteiger charge is 2.27. The first kappa shape index (κ1) is 15.7. The smallest absolute Gasteiger partial charge is 0.110 e. The van der Waals surface area contributed by atoms with Gasteiger partial charge in [0.1, 0.15) is 6.23 Å². The molecule has 3 heteroatoms. The molecule has 0 radical (unpaired) electrons. The van der Waals surface area contributed by atoms with Gasteiger partial charge >= 0.3 is 0 Å². The number of likely N-dealkylation sites (tertiary alicyclic amines) is 1. The van der Waals surface area contributed by atoms with Gasteiger partial charge < -0.3 is 10.2 Å². The van der Waals surface area contributed by atoms with Gasteiger partial charge in [-0.3, -0.25) is 4.90 Å². The van der Waals surface area contributed by atoms with Gasteiger partial charge in [0.15, 0.2) is 0 Å². The van der Waals surface area contributed by atoms with Gasteiger partial charge in [-0.2, -0.15) is 0 Å². The lowest BCUT2D eigenvalue weighted by molar-refractivity contribution is -0.0727. The van der Waals surface area contributed by atoms with E-state index in [0.717, 1.165) is 32.4 Å². The van der Waals surface area contributed by atoms with Gasteiger partial charge in [0, 0.05) is 19.5 Å². The monoisotopic (exact) mass is 255 g/mol. The van der Waals surface area contributed by atoms with Crippen LogP contribution in [0.3, 0.4) is 0 Å². The van der Waals surface area contributed by atoms with E-state index in [9.17, 15) is 10.2 Å². The molecule has 2 N–H and O–H groups in total. The number of rotatable bonds is 6. The van der Waals surface area contributed by atoms with Crippen molar-refractivity contribution >= 4 is 0 Å². The number of piperidine rings is 1. The first-order valence-electron chi connectivity index (χ1n) is 7.18. The van der Waals surface area contributed by atoms with Crippen LogP contribution in [0.25, 0.3) is 0 Å². The second kappa shape index (κ2) is 7.27. The number of allylic oxidation sites excluding steroid dienone is 2. The fraction of sp³-hybridized carbons (Fsp3) is 0.867. The lowest BCUT2D eigenvalue weighted by Gasteiger charge is -2.35. The SMILES string of the molecule is CC(C)=CCCC(C)(O)CC(O)N1CCCCC1. The molecule has 1 fully saturated rings. The molecule has 1 saturated heterocycles. The molecule has 0 aromatic carbocycles. The maximum Gasteiger partial charge on any atom is 0.110 e. The first-order chi connectivity index (χ1) is 8.41. The number of nitrogens with zero attached hydrogens (tertiary/aromatic N) is 1. The Balaban J connectivity index is 2.35. The molecule has 3 nitrogen and oxygen atoms in total. The Hall–Kier alpha value is -0.380. The standard InChI is InChI=1S/C15H29NO2/c1-13(2)8-7-9-15(3,18)12-14(17)16-10-5-4-6-11-16/h8,14,17-18H,4-7,9-12H2,1-3H3. The van der Waals surface area contributed by atoms with E-state index in [0.29, 0.717) is 12.8 Å². The maximum atomic E-state index is 10.3. The van der Waals surface area contributed by atoms with Crippen molar-refractivity contribution in [1.29, 1.82) is 0 Å². The molecule has 1 aliphatic heterocycles. The van der Waals surface area contributed by atoms with Crippen LogP contribution in [0.5, 0.6) is 0 Å². The van der Waals surface area contributed by atoms with Gasteiger partial charge in [0.2, 0.25) is 0 Å². The van der Waals surface area contributed by atoms with Crippen LogP contribution in [0.2, 0.25) is 0 Å². The van der Waals surface area contributed by atoms with Crippen molar-refractivity contribution in [2.75, 3.05) is 13.1 Å². The molecule has 1 heterocycles. The highest BCUT2D eigenvalue weighted by Crippen LogP contribution is 2.23. The third-order valence-corrected chi connectivity index (χ3v) is 3.67. The van der Waals surface area contributed by atoms with E-state index in [-0.39, 0.29) is 0 Å². The van der Waals surface area contributed by atoms with Crippen molar-refractivity contribution in [3.05, 3.63) is 11.6 Å². The summed E-state index contributed by atoms with van der Waals surface area (Å²) in [4.78, 5) is 2.10. The number of aliphatic hydroxyl groups excluding tert-OH is 1. The van der Waals surface area contributed by atoms with Crippen LogP contribution in [0.1, 0.15) is 59.3 Å². The van der Waals surface area contributed by atoms with Crippen LogP contribution in [-0.4, -0.2) is 40.0 Å². The second-order valence-corrected chi connectivity index (χ2v) is 6.10. The predicted octanol–water partition coefficient (Wildman–Crippen LogP) is 2.68. The van der Waals surface area contributed by atoms with Crippen LogP contribution < -0.4 is 0 Å². The Labute approximate surface area is 112 Å². The third-order valence-electron chi connectivity index (χ3n) is 3.67. The molecule has 2 unspecified atom stereocenters. The van der Waals surface area contributed by atoms with Crippen LogP contribution in [0, 0.1) is 0 Å². The minimum Gasteiger partial charge on any atom is -0.390 e. The van der Waals surface area contributed by atoms with E-state index in [1.807, 2.05) is 6.92 Å². The van der Waals surface area contributed by atoms with Crippen molar-refractivity contribution in [3.63, 3.8) is 0 Å². The molecule has 0 aliphatic carbocycles. The van der Waals surface area contributed by atoms with Crippen LogP contribution in [0.15, 0.2) is 11.6 Å². The highest BCUT2D eigenvalue weighted by atomic mass is 16.3. The van der Waals surface area contributed by atoms with E-state index in [1.165, 1.54) is 12.0 Å². The van der Waals surface area contributed by atoms with Crippen molar-refractivity contribution < 1.29 is 10.2 Å². The van der Waals surface area contributed by atoms with Gasteiger partial charge in [-0.25, -0.2) is 0 Å². The number of aliphatic hydroxyl groups is 2. The second-order valence-electron chi connectivity index (χ2n) is 6.10. The van der Waals surface area contributed by atoms with E-state index in [1.54, 1.807) is 0 Å². The lowest BCUT2D eigenvalue weighted by Crippen LogP contribution is -2.43. The van der Waals surface area contributed by atoms with Gasteiger partial charge in [0.05, 0.1) is 5.60 Å². The molecular weight excluding hydrogens is 226 g/mol. The van der Waals surface area contributed by atoms with Gasteiger partial charge in [-0.1, -0.05) is 18.1 Å². The predicted molar refractivity (Wildman–Crippen MR) is 75.3 cm³/mol. The van der Waals surface area contributed by atoms with Gasteiger partial charge in [0.25, 0.3) is 0 Å². The molecule has 106 valence electrons. The molecule has 0 saturated carbocycles. The minimum atomic E-state index is -0.775. The molecule has 1 aliphatic rings. The summed E-state index contributed by atoms with van der Waals surface area (Å²) in [6.07, 6.45) is 7.27. The van der Waals surface area contributed by atoms with E-state index >= 15 is 0 Å². The van der Waals surface area contributed by atoms with Crippen molar-refractivity contribution in [2.24, 2.45) is 0 Å². The highest BCUT2D eigenvalue weighted by molar-refractivity contribution is 4.94. The van der Waals surface area contributed by atoms with Crippen LogP contribution in [0.4, 0.5) is 0 Å².